The summed E-state index contributed by atoms with van der Waals surface area (Å²) >= 11 is 0. The van der Waals surface area contributed by atoms with Crippen molar-refractivity contribution in [1.29, 1.82) is 0 Å². The van der Waals surface area contributed by atoms with Crippen LogP contribution in [0, 0.1) is 0 Å². The number of likely N-dealkylation sites (tertiary alicyclic amines) is 1. The molecule has 0 saturated carbocycles. The molecule has 4 heterocycles. The van der Waals surface area contributed by atoms with E-state index in [1.165, 1.54) is 6.42 Å². The van der Waals surface area contributed by atoms with E-state index >= 15 is 0 Å². The molecule has 170 valence electrons. The Bertz CT molecular complexity index is 1120. The first-order valence-electron chi connectivity index (χ1n) is 11.4. The molecule has 33 heavy (non-hydrogen) atoms. The van der Waals surface area contributed by atoms with E-state index in [2.05, 4.69) is 9.97 Å². The predicted octanol–water partition coefficient (Wildman–Crippen LogP) is 3.33. The minimum absolute atomic E-state index is 0.0113. The molecule has 2 aliphatic rings. The van der Waals surface area contributed by atoms with Gasteiger partial charge in [0.2, 0.25) is 5.89 Å². The van der Waals surface area contributed by atoms with Crippen LogP contribution in [0.25, 0.3) is 11.5 Å². The summed E-state index contributed by atoms with van der Waals surface area (Å²) in [5.41, 5.74) is 2.17. The van der Waals surface area contributed by atoms with Gasteiger partial charge in [-0.25, -0.2) is 4.98 Å². The smallest absolute Gasteiger partial charge is 0.260 e. The number of oxazole rings is 1. The maximum atomic E-state index is 13.0. The van der Waals surface area contributed by atoms with Crippen molar-refractivity contribution in [1.82, 2.24) is 19.8 Å². The molecule has 0 bridgehead atoms. The maximum Gasteiger partial charge on any atom is 0.260 e. The molecule has 1 fully saturated rings. The van der Waals surface area contributed by atoms with Gasteiger partial charge < -0.3 is 19.0 Å². The predicted molar refractivity (Wildman–Crippen MR) is 121 cm³/mol. The molecule has 8 heteroatoms. The maximum absolute atomic E-state index is 13.0. The molecule has 0 N–H and O–H groups in total. The number of carbonyl (C=O) groups excluding carboxylic acids is 2. The monoisotopic (exact) mass is 446 g/mol. The molecule has 0 spiro atoms. The lowest BCUT2D eigenvalue weighted by atomic mass is 10.1. The molecule has 8 nitrogen and oxygen atoms in total. The van der Waals surface area contributed by atoms with Crippen molar-refractivity contribution in [3.8, 4) is 17.2 Å². The Balaban J connectivity index is 1.19. The number of carbonyl (C=O) groups is 2. The zero-order valence-electron chi connectivity index (χ0n) is 18.4. The number of aromatic nitrogens is 2. The first-order valence-corrected chi connectivity index (χ1v) is 11.4. The third kappa shape index (κ3) is 4.74. The first-order chi connectivity index (χ1) is 16.2. The zero-order valence-corrected chi connectivity index (χ0v) is 18.4. The second-order valence-corrected chi connectivity index (χ2v) is 8.36. The molecule has 0 atom stereocenters. The zero-order chi connectivity index (χ0) is 22.6. The second-order valence-electron chi connectivity index (χ2n) is 8.36. The van der Waals surface area contributed by atoms with Crippen molar-refractivity contribution in [3.63, 3.8) is 0 Å². The lowest BCUT2D eigenvalue weighted by Crippen LogP contribution is -2.38. The van der Waals surface area contributed by atoms with Gasteiger partial charge in [0.1, 0.15) is 17.2 Å². The lowest BCUT2D eigenvalue weighted by molar-refractivity contribution is -0.134. The fourth-order valence-corrected chi connectivity index (χ4v) is 4.24. The van der Waals surface area contributed by atoms with E-state index < -0.39 is 0 Å². The number of nitrogens with zero attached hydrogens (tertiary/aromatic N) is 4. The molecule has 1 aromatic carbocycles. The van der Waals surface area contributed by atoms with Crippen LogP contribution in [-0.4, -0.2) is 57.8 Å². The van der Waals surface area contributed by atoms with Crippen LogP contribution in [0.1, 0.15) is 41.1 Å². The molecule has 2 aromatic heterocycles. The van der Waals surface area contributed by atoms with E-state index in [0.29, 0.717) is 36.7 Å². The summed E-state index contributed by atoms with van der Waals surface area (Å²) in [5.74, 6) is 1.87. The van der Waals surface area contributed by atoms with Gasteiger partial charge >= 0.3 is 0 Å². The molecular formula is C25H26N4O4. The van der Waals surface area contributed by atoms with Crippen molar-refractivity contribution in [2.75, 3.05) is 26.2 Å². The first kappa shape index (κ1) is 21.2. The molecule has 0 radical (unpaired) electrons. The molecule has 5 rings (SSSR count). The third-order valence-corrected chi connectivity index (χ3v) is 6.10. The highest BCUT2D eigenvalue weighted by Gasteiger charge is 2.26. The fraction of sp³-hybridized carbons (Fsp3) is 0.360. The second kappa shape index (κ2) is 9.44. The van der Waals surface area contributed by atoms with E-state index in [4.69, 9.17) is 9.15 Å². The van der Waals surface area contributed by atoms with Gasteiger partial charge in [0.15, 0.2) is 6.61 Å². The van der Waals surface area contributed by atoms with Gasteiger partial charge in [-0.2, -0.15) is 0 Å². The number of fused-ring (bicyclic) bond motifs is 1. The fourth-order valence-electron chi connectivity index (χ4n) is 4.24. The lowest BCUT2D eigenvalue weighted by Gasteiger charge is -2.26. The highest BCUT2D eigenvalue weighted by molar-refractivity contribution is 5.94. The van der Waals surface area contributed by atoms with Crippen LogP contribution in [0.4, 0.5) is 0 Å². The van der Waals surface area contributed by atoms with E-state index in [9.17, 15) is 9.59 Å². The quantitative estimate of drug-likeness (QED) is 0.597. The summed E-state index contributed by atoms with van der Waals surface area (Å²) in [7, 11) is 0. The Kier molecular flexibility index (Phi) is 6.06. The summed E-state index contributed by atoms with van der Waals surface area (Å²) in [6.45, 7) is 2.61. The highest BCUT2D eigenvalue weighted by Crippen LogP contribution is 2.26. The van der Waals surface area contributed by atoms with Crippen molar-refractivity contribution in [2.24, 2.45) is 0 Å². The van der Waals surface area contributed by atoms with Gasteiger partial charge in [-0.3, -0.25) is 14.6 Å². The number of ether oxygens (including phenoxy) is 1. The number of rotatable bonds is 5. The number of piperidine rings is 1. The van der Waals surface area contributed by atoms with E-state index in [-0.39, 0.29) is 18.4 Å². The standard InChI is InChI=1S/C25H26N4O4/c30-23(28-12-2-1-3-13-28)17-32-20-8-6-18(7-9-20)25(31)29-14-10-22-21(16-29)27-24(33-22)19-5-4-11-26-15-19/h4-9,11,15H,1-3,10,12-14,16-17H2. The summed E-state index contributed by atoms with van der Waals surface area (Å²) in [6.07, 6.45) is 7.33. The summed E-state index contributed by atoms with van der Waals surface area (Å²) in [6, 6.07) is 10.7. The Morgan fingerprint density at radius 1 is 1.00 bits per heavy atom. The Labute approximate surface area is 192 Å². The number of pyridine rings is 1. The Morgan fingerprint density at radius 2 is 1.82 bits per heavy atom. The van der Waals surface area contributed by atoms with Crippen LogP contribution < -0.4 is 4.74 Å². The highest BCUT2D eigenvalue weighted by atomic mass is 16.5. The average Bonchev–Trinajstić information content (AvgIpc) is 3.32. The normalized spacial score (nSPS) is 15.8. The molecule has 2 amide bonds. The van der Waals surface area contributed by atoms with Crippen molar-refractivity contribution in [3.05, 3.63) is 65.8 Å². The Hall–Kier alpha value is -3.68. The van der Waals surface area contributed by atoms with Gasteiger partial charge in [-0.05, 0) is 55.7 Å². The largest absolute Gasteiger partial charge is 0.484 e. The molecule has 2 aliphatic heterocycles. The van der Waals surface area contributed by atoms with Gasteiger partial charge in [-0.1, -0.05) is 0 Å². The van der Waals surface area contributed by atoms with Crippen molar-refractivity contribution >= 4 is 11.8 Å². The van der Waals surface area contributed by atoms with Gasteiger partial charge in [-0.15, -0.1) is 0 Å². The SMILES string of the molecule is O=C(COc1ccc(C(=O)N2CCc3oc(-c4cccnc4)nc3C2)cc1)N1CCCCC1. The topological polar surface area (TPSA) is 88.8 Å². The third-order valence-electron chi connectivity index (χ3n) is 6.10. The van der Waals surface area contributed by atoms with E-state index in [1.807, 2.05) is 17.0 Å². The Morgan fingerprint density at radius 3 is 2.58 bits per heavy atom. The molecule has 3 aromatic rings. The molecular weight excluding hydrogens is 420 g/mol. The van der Waals surface area contributed by atoms with Crippen LogP contribution in [0.3, 0.4) is 0 Å². The van der Waals surface area contributed by atoms with Gasteiger partial charge in [0.05, 0.1) is 12.1 Å². The average molecular weight is 447 g/mol. The van der Waals surface area contributed by atoms with Crippen LogP contribution >= 0.6 is 0 Å². The minimum Gasteiger partial charge on any atom is -0.484 e. The van der Waals surface area contributed by atoms with Gasteiger partial charge in [0, 0.05) is 44.0 Å². The number of amides is 2. The van der Waals surface area contributed by atoms with Crippen LogP contribution in [0.5, 0.6) is 5.75 Å². The number of hydrogen-bond donors (Lipinski definition) is 0. The van der Waals surface area contributed by atoms with Gasteiger partial charge in [0.25, 0.3) is 11.8 Å². The van der Waals surface area contributed by atoms with Crippen molar-refractivity contribution < 1.29 is 18.7 Å². The number of hydrogen-bond acceptors (Lipinski definition) is 6. The number of benzene rings is 1. The van der Waals surface area contributed by atoms with E-state index in [1.54, 1.807) is 41.6 Å². The summed E-state index contributed by atoms with van der Waals surface area (Å²) in [5, 5.41) is 0. The van der Waals surface area contributed by atoms with E-state index in [0.717, 1.165) is 42.9 Å². The summed E-state index contributed by atoms with van der Waals surface area (Å²) < 4.78 is 11.5. The van der Waals surface area contributed by atoms with Crippen molar-refractivity contribution in [2.45, 2.75) is 32.2 Å². The van der Waals surface area contributed by atoms with Crippen LogP contribution in [0.15, 0.2) is 53.2 Å². The molecule has 1 saturated heterocycles. The molecule has 0 aliphatic carbocycles. The van der Waals surface area contributed by atoms with Crippen LogP contribution in [-0.2, 0) is 17.8 Å². The summed E-state index contributed by atoms with van der Waals surface area (Å²) in [4.78, 5) is 37.6. The minimum atomic E-state index is -0.0671. The molecule has 0 unspecified atom stereocenters. The van der Waals surface area contributed by atoms with Crippen LogP contribution in [0.2, 0.25) is 0 Å².